The molecule has 0 aliphatic rings. The van der Waals surface area contributed by atoms with Crippen molar-refractivity contribution < 1.29 is 0 Å². The molecule has 13 heavy (non-hydrogen) atoms. The maximum absolute atomic E-state index is 5.71. The SMILES string of the molecule is Clc1nc(Cn2cc(I)cn2)cs1. The Kier molecular flexibility index (Phi) is 2.85. The van der Waals surface area contributed by atoms with Gasteiger partial charge in [0, 0.05) is 11.6 Å². The molecule has 0 saturated carbocycles. The summed E-state index contributed by atoms with van der Waals surface area (Å²) < 4.78 is 3.54. The van der Waals surface area contributed by atoms with E-state index in [-0.39, 0.29) is 0 Å². The third-order valence-corrected chi connectivity index (χ3v) is 3.03. The Morgan fingerprint density at radius 1 is 1.62 bits per heavy atom. The molecule has 2 rings (SSSR count). The molecule has 6 heteroatoms. The molecular formula is C7H5ClIN3S. The molecule has 3 nitrogen and oxygen atoms in total. The van der Waals surface area contributed by atoms with Crippen molar-refractivity contribution in [3.8, 4) is 0 Å². The minimum absolute atomic E-state index is 0.580. The average Bonchev–Trinajstić information content (AvgIpc) is 2.62. The lowest BCUT2D eigenvalue weighted by atomic mass is 10.5. The summed E-state index contributed by atoms with van der Waals surface area (Å²) in [5.74, 6) is 0. The van der Waals surface area contributed by atoms with E-state index in [1.807, 2.05) is 22.5 Å². The summed E-state index contributed by atoms with van der Waals surface area (Å²) in [6, 6.07) is 0. The molecule has 0 radical (unpaired) electrons. The van der Waals surface area contributed by atoms with Crippen molar-refractivity contribution in [3.63, 3.8) is 0 Å². The van der Waals surface area contributed by atoms with Crippen LogP contribution < -0.4 is 0 Å². The molecule has 0 N–H and O–H groups in total. The lowest BCUT2D eigenvalue weighted by Crippen LogP contribution is -1.99. The molecule has 2 aromatic rings. The highest BCUT2D eigenvalue weighted by Gasteiger charge is 2.01. The monoisotopic (exact) mass is 325 g/mol. The van der Waals surface area contributed by atoms with Gasteiger partial charge in [0.2, 0.25) is 0 Å². The fraction of sp³-hybridized carbons (Fsp3) is 0.143. The van der Waals surface area contributed by atoms with Crippen LogP contribution in [0.4, 0.5) is 0 Å². The number of rotatable bonds is 2. The number of aromatic nitrogens is 3. The van der Waals surface area contributed by atoms with Gasteiger partial charge in [-0.1, -0.05) is 11.6 Å². The van der Waals surface area contributed by atoms with Crippen LogP contribution in [-0.4, -0.2) is 14.8 Å². The van der Waals surface area contributed by atoms with E-state index in [0.717, 1.165) is 9.26 Å². The van der Waals surface area contributed by atoms with Crippen molar-refractivity contribution in [2.75, 3.05) is 0 Å². The average molecular weight is 326 g/mol. The first-order chi connectivity index (χ1) is 6.24. The molecule has 0 bridgehead atoms. The molecule has 0 spiro atoms. The van der Waals surface area contributed by atoms with Gasteiger partial charge in [-0.25, -0.2) is 4.98 Å². The Balaban J connectivity index is 2.14. The van der Waals surface area contributed by atoms with Crippen molar-refractivity contribution in [3.05, 3.63) is 31.5 Å². The Labute approximate surface area is 97.9 Å². The number of thiazole rings is 1. The second kappa shape index (κ2) is 3.93. The van der Waals surface area contributed by atoms with Crippen LogP contribution in [0.25, 0.3) is 0 Å². The minimum Gasteiger partial charge on any atom is -0.266 e. The van der Waals surface area contributed by atoms with Crippen LogP contribution >= 0.6 is 45.5 Å². The molecule has 0 saturated heterocycles. The van der Waals surface area contributed by atoms with E-state index in [0.29, 0.717) is 11.0 Å². The van der Waals surface area contributed by atoms with Crippen LogP contribution in [0, 0.1) is 3.57 Å². The maximum Gasteiger partial charge on any atom is 0.183 e. The van der Waals surface area contributed by atoms with Crippen molar-refractivity contribution in [1.82, 2.24) is 14.8 Å². The van der Waals surface area contributed by atoms with E-state index >= 15 is 0 Å². The van der Waals surface area contributed by atoms with Gasteiger partial charge in [-0.3, -0.25) is 4.68 Å². The molecule has 0 fully saturated rings. The van der Waals surface area contributed by atoms with Gasteiger partial charge in [-0.05, 0) is 22.6 Å². The normalized spacial score (nSPS) is 10.6. The molecule has 0 unspecified atom stereocenters. The van der Waals surface area contributed by atoms with Crippen molar-refractivity contribution in [2.24, 2.45) is 0 Å². The molecule has 0 amide bonds. The van der Waals surface area contributed by atoms with Gasteiger partial charge in [0.25, 0.3) is 0 Å². The van der Waals surface area contributed by atoms with E-state index in [2.05, 4.69) is 32.7 Å². The summed E-state index contributed by atoms with van der Waals surface area (Å²) >= 11 is 9.37. The van der Waals surface area contributed by atoms with E-state index in [1.54, 1.807) is 0 Å². The zero-order valence-electron chi connectivity index (χ0n) is 6.44. The molecule has 2 heterocycles. The fourth-order valence-electron chi connectivity index (χ4n) is 0.946. The number of hydrogen-bond acceptors (Lipinski definition) is 3. The molecule has 0 aliphatic heterocycles. The Hall–Kier alpha value is -0.140. The largest absolute Gasteiger partial charge is 0.266 e. The zero-order chi connectivity index (χ0) is 9.26. The minimum atomic E-state index is 0.580. The number of halogens is 2. The van der Waals surface area contributed by atoms with Crippen LogP contribution in [0.3, 0.4) is 0 Å². The van der Waals surface area contributed by atoms with Crippen molar-refractivity contribution in [2.45, 2.75) is 6.54 Å². The Morgan fingerprint density at radius 3 is 3.00 bits per heavy atom. The molecule has 2 aromatic heterocycles. The quantitative estimate of drug-likeness (QED) is 0.795. The highest BCUT2D eigenvalue weighted by atomic mass is 127. The maximum atomic E-state index is 5.71. The Bertz CT molecular complexity index is 373. The molecule has 0 atom stereocenters. The summed E-state index contributed by atoms with van der Waals surface area (Å²) in [6.07, 6.45) is 3.78. The standard InChI is InChI=1S/C7H5ClIN3S/c8-7-11-6(4-13-7)3-12-2-5(9)1-10-12/h1-2,4H,3H2. The van der Waals surface area contributed by atoms with Crippen LogP contribution in [0.15, 0.2) is 17.8 Å². The van der Waals surface area contributed by atoms with Crippen LogP contribution in [0.5, 0.6) is 0 Å². The van der Waals surface area contributed by atoms with Crippen LogP contribution in [-0.2, 0) is 6.54 Å². The lowest BCUT2D eigenvalue weighted by molar-refractivity contribution is 0.675. The smallest absolute Gasteiger partial charge is 0.183 e. The molecule has 0 aliphatic carbocycles. The molecular weight excluding hydrogens is 321 g/mol. The summed E-state index contributed by atoms with van der Waals surface area (Å²) in [7, 11) is 0. The first kappa shape index (κ1) is 9.42. The number of nitrogens with zero attached hydrogens (tertiary/aromatic N) is 3. The second-order valence-electron chi connectivity index (χ2n) is 2.45. The zero-order valence-corrected chi connectivity index (χ0v) is 10.2. The van der Waals surface area contributed by atoms with Crippen molar-refractivity contribution in [1.29, 1.82) is 0 Å². The van der Waals surface area contributed by atoms with Gasteiger partial charge >= 0.3 is 0 Å². The highest BCUT2D eigenvalue weighted by Crippen LogP contribution is 2.15. The van der Waals surface area contributed by atoms with Gasteiger partial charge in [-0.15, -0.1) is 11.3 Å². The summed E-state index contributed by atoms with van der Waals surface area (Å²) in [6.45, 7) is 0.687. The third kappa shape index (κ3) is 2.41. The van der Waals surface area contributed by atoms with Gasteiger partial charge in [0.05, 0.1) is 22.0 Å². The first-order valence-corrected chi connectivity index (χ1v) is 5.85. The second-order valence-corrected chi connectivity index (χ2v) is 5.13. The summed E-state index contributed by atoms with van der Waals surface area (Å²) in [5, 5.41) is 6.09. The highest BCUT2D eigenvalue weighted by molar-refractivity contribution is 14.1. The molecule has 0 aromatic carbocycles. The third-order valence-electron chi connectivity index (χ3n) is 1.45. The summed E-state index contributed by atoms with van der Waals surface area (Å²) in [5.41, 5.74) is 0.953. The van der Waals surface area contributed by atoms with Gasteiger partial charge in [-0.2, -0.15) is 5.10 Å². The summed E-state index contributed by atoms with van der Waals surface area (Å²) in [4.78, 5) is 4.14. The first-order valence-electron chi connectivity index (χ1n) is 3.52. The van der Waals surface area contributed by atoms with Crippen molar-refractivity contribution >= 4 is 45.5 Å². The topological polar surface area (TPSA) is 30.7 Å². The van der Waals surface area contributed by atoms with E-state index in [9.17, 15) is 0 Å². The van der Waals surface area contributed by atoms with E-state index in [1.165, 1.54) is 11.3 Å². The Morgan fingerprint density at radius 2 is 2.46 bits per heavy atom. The lowest BCUT2D eigenvalue weighted by Gasteiger charge is -1.95. The molecule has 68 valence electrons. The van der Waals surface area contributed by atoms with E-state index < -0.39 is 0 Å². The van der Waals surface area contributed by atoms with Gasteiger partial charge in [0.15, 0.2) is 4.47 Å². The predicted octanol–water partition coefficient (Wildman–Crippen LogP) is 2.65. The van der Waals surface area contributed by atoms with Crippen LogP contribution in [0.1, 0.15) is 5.69 Å². The van der Waals surface area contributed by atoms with Gasteiger partial charge in [0.1, 0.15) is 0 Å². The van der Waals surface area contributed by atoms with E-state index in [4.69, 9.17) is 11.6 Å². The number of hydrogen-bond donors (Lipinski definition) is 0. The fourth-order valence-corrected chi connectivity index (χ4v) is 2.16. The van der Waals surface area contributed by atoms with Gasteiger partial charge < -0.3 is 0 Å². The predicted molar refractivity (Wildman–Crippen MR) is 61.2 cm³/mol. The van der Waals surface area contributed by atoms with Crippen LogP contribution in [0.2, 0.25) is 4.47 Å².